The van der Waals surface area contributed by atoms with Crippen LogP contribution >= 0.6 is 12.2 Å². The van der Waals surface area contributed by atoms with Gasteiger partial charge in [0.15, 0.2) is 5.11 Å². The molecule has 0 spiro atoms. The second-order valence-electron chi connectivity index (χ2n) is 7.26. The molecule has 2 N–H and O–H groups in total. The summed E-state index contributed by atoms with van der Waals surface area (Å²) in [6.07, 6.45) is 4.84. The van der Waals surface area contributed by atoms with E-state index in [1.54, 1.807) is 7.11 Å². The van der Waals surface area contributed by atoms with Crippen molar-refractivity contribution in [1.29, 1.82) is 0 Å². The molecule has 1 unspecified atom stereocenters. The Morgan fingerprint density at radius 1 is 1.00 bits per heavy atom. The predicted octanol–water partition coefficient (Wildman–Crippen LogP) is 3.93. The molecule has 28 heavy (non-hydrogen) atoms. The standard InChI is InChI=1S/C23H31N3OS/c1-27-21-12-10-20(11-13-21)22(26-16-6-3-7-17-26)18-25-23(28)24-15-14-19-8-4-2-5-9-19/h2,4-5,8-13,22H,3,6-7,14-18H2,1H3,(H2,24,25,28). The Bertz CT molecular complexity index is 714. The van der Waals surface area contributed by atoms with Crippen molar-refractivity contribution in [2.24, 2.45) is 0 Å². The van der Waals surface area contributed by atoms with Crippen molar-refractivity contribution in [1.82, 2.24) is 15.5 Å². The number of benzene rings is 2. The largest absolute Gasteiger partial charge is 0.497 e. The molecule has 1 aliphatic heterocycles. The van der Waals surface area contributed by atoms with Crippen molar-refractivity contribution >= 4 is 17.3 Å². The highest BCUT2D eigenvalue weighted by atomic mass is 32.1. The molecule has 0 aliphatic carbocycles. The van der Waals surface area contributed by atoms with Gasteiger partial charge in [0.25, 0.3) is 0 Å². The number of thiocarbonyl (C=S) groups is 1. The van der Waals surface area contributed by atoms with Crippen LogP contribution in [0.25, 0.3) is 0 Å². The van der Waals surface area contributed by atoms with Crippen molar-refractivity contribution in [2.75, 3.05) is 33.3 Å². The molecule has 4 nitrogen and oxygen atoms in total. The number of nitrogens with zero attached hydrogens (tertiary/aromatic N) is 1. The van der Waals surface area contributed by atoms with Gasteiger partial charge < -0.3 is 15.4 Å². The van der Waals surface area contributed by atoms with E-state index in [1.165, 1.54) is 30.4 Å². The Hall–Kier alpha value is -2.11. The molecule has 1 heterocycles. The lowest BCUT2D eigenvalue weighted by atomic mass is 10.0. The molecule has 1 aliphatic rings. The van der Waals surface area contributed by atoms with Crippen LogP contribution in [0.4, 0.5) is 0 Å². The van der Waals surface area contributed by atoms with Crippen LogP contribution in [0.2, 0.25) is 0 Å². The summed E-state index contributed by atoms with van der Waals surface area (Å²) in [5.41, 5.74) is 2.63. The second-order valence-corrected chi connectivity index (χ2v) is 7.67. The van der Waals surface area contributed by atoms with E-state index in [-0.39, 0.29) is 0 Å². The van der Waals surface area contributed by atoms with Crippen LogP contribution in [0.5, 0.6) is 5.75 Å². The van der Waals surface area contributed by atoms with Crippen molar-refractivity contribution in [3.05, 3.63) is 65.7 Å². The smallest absolute Gasteiger partial charge is 0.166 e. The van der Waals surface area contributed by atoms with Crippen LogP contribution in [-0.2, 0) is 6.42 Å². The first-order valence-corrected chi connectivity index (χ1v) is 10.6. The molecular formula is C23H31N3OS. The third-order valence-electron chi connectivity index (χ3n) is 5.33. The second kappa shape index (κ2) is 11.0. The highest BCUT2D eigenvalue weighted by Crippen LogP contribution is 2.25. The monoisotopic (exact) mass is 397 g/mol. The van der Waals surface area contributed by atoms with Gasteiger partial charge in [-0.05, 0) is 67.8 Å². The van der Waals surface area contributed by atoms with Crippen LogP contribution < -0.4 is 15.4 Å². The average Bonchev–Trinajstić information content (AvgIpc) is 2.76. The maximum absolute atomic E-state index is 5.52. The molecule has 0 amide bonds. The number of hydrogen-bond acceptors (Lipinski definition) is 3. The van der Waals surface area contributed by atoms with E-state index in [9.17, 15) is 0 Å². The quantitative estimate of drug-likeness (QED) is 0.660. The topological polar surface area (TPSA) is 36.5 Å². The molecule has 150 valence electrons. The first-order valence-electron chi connectivity index (χ1n) is 10.2. The molecule has 0 bridgehead atoms. The lowest BCUT2D eigenvalue weighted by Crippen LogP contribution is -2.43. The lowest BCUT2D eigenvalue weighted by molar-refractivity contribution is 0.164. The van der Waals surface area contributed by atoms with E-state index in [0.29, 0.717) is 6.04 Å². The van der Waals surface area contributed by atoms with Crippen LogP contribution in [0.3, 0.4) is 0 Å². The van der Waals surface area contributed by atoms with Gasteiger partial charge in [-0.15, -0.1) is 0 Å². The molecule has 1 fully saturated rings. The third kappa shape index (κ3) is 6.21. The van der Waals surface area contributed by atoms with Gasteiger partial charge >= 0.3 is 0 Å². The van der Waals surface area contributed by atoms with Crippen molar-refractivity contribution in [2.45, 2.75) is 31.7 Å². The number of rotatable bonds is 8. The summed E-state index contributed by atoms with van der Waals surface area (Å²) in [6.45, 7) is 3.94. The number of piperidine rings is 1. The van der Waals surface area contributed by atoms with Crippen molar-refractivity contribution in [3.8, 4) is 5.75 Å². The van der Waals surface area contributed by atoms with E-state index in [4.69, 9.17) is 17.0 Å². The molecule has 1 saturated heterocycles. The van der Waals surface area contributed by atoms with Gasteiger partial charge in [0.1, 0.15) is 5.75 Å². The van der Waals surface area contributed by atoms with Gasteiger partial charge in [-0.25, -0.2) is 0 Å². The van der Waals surface area contributed by atoms with Crippen LogP contribution in [-0.4, -0.2) is 43.3 Å². The predicted molar refractivity (Wildman–Crippen MR) is 120 cm³/mol. The Kier molecular flexibility index (Phi) is 8.12. The van der Waals surface area contributed by atoms with E-state index in [2.05, 4.69) is 51.9 Å². The SMILES string of the molecule is COc1ccc(C(CNC(=S)NCCc2ccccc2)N2CCCCC2)cc1. The summed E-state index contributed by atoms with van der Waals surface area (Å²) in [5, 5.41) is 7.51. The summed E-state index contributed by atoms with van der Waals surface area (Å²) in [5.74, 6) is 0.896. The van der Waals surface area contributed by atoms with E-state index in [0.717, 1.165) is 43.5 Å². The molecule has 2 aromatic carbocycles. The maximum atomic E-state index is 5.52. The highest BCUT2D eigenvalue weighted by Gasteiger charge is 2.22. The Morgan fingerprint density at radius 2 is 1.71 bits per heavy atom. The van der Waals surface area contributed by atoms with E-state index >= 15 is 0 Å². The first-order chi connectivity index (χ1) is 13.8. The van der Waals surface area contributed by atoms with Gasteiger partial charge in [-0.3, -0.25) is 4.90 Å². The average molecular weight is 398 g/mol. The fourth-order valence-corrected chi connectivity index (χ4v) is 3.92. The summed E-state index contributed by atoms with van der Waals surface area (Å²) < 4.78 is 5.31. The summed E-state index contributed by atoms with van der Waals surface area (Å²) in [4.78, 5) is 2.57. The Labute approximate surface area is 174 Å². The molecule has 1 atom stereocenters. The number of hydrogen-bond donors (Lipinski definition) is 2. The fourth-order valence-electron chi connectivity index (χ4n) is 3.73. The zero-order valence-electron chi connectivity index (χ0n) is 16.7. The zero-order valence-corrected chi connectivity index (χ0v) is 17.5. The van der Waals surface area contributed by atoms with Gasteiger partial charge in [0.2, 0.25) is 0 Å². The number of methoxy groups -OCH3 is 1. The normalized spacial score (nSPS) is 15.6. The maximum Gasteiger partial charge on any atom is 0.166 e. The third-order valence-corrected chi connectivity index (χ3v) is 5.62. The molecule has 0 aromatic heterocycles. The van der Waals surface area contributed by atoms with Crippen molar-refractivity contribution < 1.29 is 4.74 Å². The molecule has 5 heteroatoms. The Balaban J connectivity index is 1.53. The van der Waals surface area contributed by atoms with Crippen LogP contribution in [0.15, 0.2) is 54.6 Å². The van der Waals surface area contributed by atoms with Gasteiger partial charge in [-0.2, -0.15) is 0 Å². The molecule has 0 saturated carbocycles. The lowest BCUT2D eigenvalue weighted by Gasteiger charge is -2.35. The van der Waals surface area contributed by atoms with Crippen molar-refractivity contribution in [3.63, 3.8) is 0 Å². The number of ether oxygens (including phenoxy) is 1. The van der Waals surface area contributed by atoms with Gasteiger partial charge in [-0.1, -0.05) is 48.9 Å². The minimum absolute atomic E-state index is 0.320. The summed E-state index contributed by atoms with van der Waals surface area (Å²) in [6, 6.07) is 19.2. The van der Waals surface area contributed by atoms with Crippen LogP contribution in [0.1, 0.15) is 36.4 Å². The van der Waals surface area contributed by atoms with Gasteiger partial charge in [0.05, 0.1) is 13.2 Å². The first kappa shape index (κ1) is 20.6. The van der Waals surface area contributed by atoms with E-state index in [1.807, 2.05) is 18.2 Å². The highest BCUT2D eigenvalue weighted by molar-refractivity contribution is 7.80. The summed E-state index contributed by atoms with van der Waals surface area (Å²) in [7, 11) is 1.71. The number of nitrogens with one attached hydrogen (secondary N) is 2. The summed E-state index contributed by atoms with van der Waals surface area (Å²) >= 11 is 5.52. The molecular weight excluding hydrogens is 366 g/mol. The molecule has 2 aromatic rings. The molecule has 0 radical (unpaired) electrons. The Morgan fingerprint density at radius 3 is 2.39 bits per heavy atom. The number of likely N-dealkylation sites (tertiary alicyclic amines) is 1. The van der Waals surface area contributed by atoms with Crippen LogP contribution in [0, 0.1) is 0 Å². The molecule has 3 rings (SSSR count). The minimum Gasteiger partial charge on any atom is -0.497 e. The zero-order chi connectivity index (χ0) is 19.6. The van der Waals surface area contributed by atoms with Gasteiger partial charge in [0, 0.05) is 13.1 Å². The minimum atomic E-state index is 0.320. The fraction of sp³-hybridized carbons (Fsp3) is 0.435. The van der Waals surface area contributed by atoms with E-state index < -0.39 is 0 Å².